The van der Waals surface area contributed by atoms with Crippen LogP contribution in [0.25, 0.3) is 0 Å². The molecule has 0 bridgehead atoms. The Kier molecular flexibility index (Phi) is 3.80. The summed E-state index contributed by atoms with van der Waals surface area (Å²) in [5.74, 6) is 0. The van der Waals surface area contributed by atoms with E-state index >= 15 is 0 Å². The lowest BCUT2D eigenvalue weighted by molar-refractivity contribution is 0.260. The van der Waals surface area contributed by atoms with Gasteiger partial charge in [-0.3, -0.25) is 4.90 Å². The number of rotatable bonds is 5. The Labute approximate surface area is 91.9 Å². The zero-order valence-electron chi connectivity index (χ0n) is 9.50. The smallest absolute Gasteiger partial charge is 0.0221 e. The first-order chi connectivity index (χ1) is 7.40. The minimum atomic E-state index is 0.758. The summed E-state index contributed by atoms with van der Waals surface area (Å²) in [6.45, 7) is 6.84. The van der Waals surface area contributed by atoms with E-state index in [9.17, 15) is 0 Å². The second-order valence-electron chi connectivity index (χ2n) is 4.27. The lowest BCUT2D eigenvalue weighted by Crippen LogP contribution is -2.37. The Morgan fingerprint density at radius 1 is 1.60 bits per heavy atom. The molecule has 2 N–H and O–H groups in total. The molecule has 0 saturated carbocycles. The highest BCUT2D eigenvalue weighted by Gasteiger charge is 2.21. The molecule has 84 valence electrons. The van der Waals surface area contributed by atoms with Gasteiger partial charge in [-0.05, 0) is 37.6 Å². The van der Waals surface area contributed by atoms with Gasteiger partial charge >= 0.3 is 0 Å². The number of H-pyrrole nitrogens is 1. The van der Waals surface area contributed by atoms with Crippen LogP contribution >= 0.6 is 0 Å². The van der Waals surface area contributed by atoms with Crippen molar-refractivity contribution in [1.82, 2.24) is 15.2 Å². The van der Waals surface area contributed by atoms with Gasteiger partial charge in [0.05, 0.1) is 0 Å². The molecule has 2 rings (SSSR count). The first-order valence-electron chi connectivity index (χ1n) is 5.96. The van der Waals surface area contributed by atoms with Crippen molar-refractivity contribution in [3.8, 4) is 0 Å². The molecule has 0 aromatic carbocycles. The lowest BCUT2D eigenvalue weighted by Gasteiger charge is -2.22. The van der Waals surface area contributed by atoms with Gasteiger partial charge in [-0.1, -0.05) is 6.92 Å². The fourth-order valence-corrected chi connectivity index (χ4v) is 2.39. The highest BCUT2D eigenvalue weighted by atomic mass is 15.2. The third-order valence-electron chi connectivity index (χ3n) is 3.28. The third kappa shape index (κ3) is 2.83. The molecule has 0 radical (unpaired) electrons. The molecule has 0 aliphatic carbocycles. The van der Waals surface area contributed by atoms with Crippen LogP contribution in [0.15, 0.2) is 18.5 Å². The Morgan fingerprint density at radius 3 is 3.27 bits per heavy atom. The van der Waals surface area contributed by atoms with Crippen molar-refractivity contribution in [1.29, 1.82) is 0 Å². The third-order valence-corrected chi connectivity index (χ3v) is 3.28. The number of likely N-dealkylation sites (tertiary alicyclic amines) is 1. The lowest BCUT2D eigenvalue weighted by atomic mass is 10.2. The summed E-state index contributed by atoms with van der Waals surface area (Å²) in [4.78, 5) is 5.65. The summed E-state index contributed by atoms with van der Waals surface area (Å²) < 4.78 is 0. The summed E-state index contributed by atoms with van der Waals surface area (Å²) in [6, 6.07) is 2.88. The Morgan fingerprint density at radius 2 is 2.53 bits per heavy atom. The van der Waals surface area contributed by atoms with E-state index in [4.69, 9.17) is 0 Å². The normalized spacial score (nSPS) is 22.3. The largest absolute Gasteiger partial charge is 0.367 e. The monoisotopic (exact) mass is 207 g/mol. The highest BCUT2D eigenvalue weighted by Crippen LogP contribution is 2.15. The number of hydrogen-bond donors (Lipinski definition) is 2. The van der Waals surface area contributed by atoms with Crippen LogP contribution in [0.2, 0.25) is 0 Å². The molecule has 15 heavy (non-hydrogen) atoms. The van der Waals surface area contributed by atoms with Gasteiger partial charge < -0.3 is 10.3 Å². The van der Waals surface area contributed by atoms with Gasteiger partial charge in [-0.2, -0.15) is 0 Å². The van der Waals surface area contributed by atoms with Crippen LogP contribution in [0, 0.1) is 0 Å². The molecule has 1 aliphatic heterocycles. The van der Waals surface area contributed by atoms with Crippen LogP contribution in [-0.2, 0) is 6.54 Å². The van der Waals surface area contributed by atoms with Crippen LogP contribution in [-0.4, -0.2) is 35.6 Å². The van der Waals surface area contributed by atoms with Crippen LogP contribution in [0.4, 0.5) is 0 Å². The van der Waals surface area contributed by atoms with Crippen LogP contribution in [0.5, 0.6) is 0 Å². The minimum Gasteiger partial charge on any atom is -0.367 e. The van der Waals surface area contributed by atoms with E-state index in [1.165, 1.54) is 31.5 Å². The predicted octanol–water partition coefficient (Wildman–Crippen LogP) is 1.59. The Hall–Kier alpha value is -0.800. The molecule has 1 unspecified atom stereocenters. The second kappa shape index (κ2) is 5.33. The Balaban J connectivity index is 1.69. The molecule has 1 aromatic heterocycles. The molecule has 0 spiro atoms. The Bertz CT molecular complexity index is 268. The number of nitrogens with one attached hydrogen (secondary N) is 2. The van der Waals surface area contributed by atoms with Crippen molar-refractivity contribution in [2.45, 2.75) is 32.4 Å². The first kappa shape index (κ1) is 10.7. The van der Waals surface area contributed by atoms with Crippen molar-refractivity contribution >= 4 is 0 Å². The maximum atomic E-state index is 3.53. The molecule has 1 aromatic rings. The molecular weight excluding hydrogens is 186 g/mol. The molecule has 0 amide bonds. The molecule has 3 heteroatoms. The number of aromatic nitrogens is 1. The zero-order chi connectivity index (χ0) is 10.5. The van der Waals surface area contributed by atoms with Gasteiger partial charge in [-0.25, -0.2) is 0 Å². The zero-order valence-corrected chi connectivity index (χ0v) is 9.50. The van der Waals surface area contributed by atoms with Gasteiger partial charge in [0.1, 0.15) is 0 Å². The summed E-state index contributed by atoms with van der Waals surface area (Å²) in [7, 11) is 0. The van der Waals surface area contributed by atoms with Crippen LogP contribution < -0.4 is 5.32 Å². The van der Waals surface area contributed by atoms with E-state index in [1.54, 1.807) is 0 Å². The van der Waals surface area contributed by atoms with Gasteiger partial charge in [-0.15, -0.1) is 0 Å². The van der Waals surface area contributed by atoms with Crippen molar-refractivity contribution in [3.63, 3.8) is 0 Å². The summed E-state index contributed by atoms with van der Waals surface area (Å²) in [5, 5.41) is 3.53. The molecule has 1 atom stereocenters. The van der Waals surface area contributed by atoms with E-state index in [0.29, 0.717) is 0 Å². The molecule has 2 heterocycles. The number of nitrogens with zero attached hydrogens (tertiary/aromatic N) is 1. The minimum absolute atomic E-state index is 0.758. The number of hydrogen-bond acceptors (Lipinski definition) is 2. The average molecular weight is 207 g/mol. The quantitative estimate of drug-likeness (QED) is 0.768. The van der Waals surface area contributed by atoms with Gasteiger partial charge in [0.25, 0.3) is 0 Å². The maximum Gasteiger partial charge on any atom is 0.0221 e. The maximum absolute atomic E-state index is 3.53. The van der Waals surface area contributed by atoms with E-state index in [-0.39, 0.29) is 0 Å². The molecule has 1 saturated heterocycles. The molecule has 3 nitrogen and oxygen atoms in total. The fourth-order valence-electron chi connectivity index (χ4n) is 2.39. The van der Waals surface area contributed by atoms with Crippen LogP contribution in [0.1, 0.15) is 25.3 Å². The van der Waals surface area contributed by atoms with E-state index < -0.39 is 0 Å². The summed E-state index contributed by atoms with van der Waals surface area (Å²) in [6.07, 6.45) is 6.75. The van der Waals surface area contributed by atoms with Crippen LogP contribution in [0.3, 0.4) is 0 Å². The van der Waals surface area contributed by atoms with E-state index in [2.05, 4.69) is 34.4 Å². The first-order valence-corrected chi connectivity index (χ1v) is 5.96. The average Bonchev–Trinajstić information content (AvgIpc) is 2.88. The van der Waals surface area contributed by atoms with Gasteiger partial charge in [0.2, 0.25) is 0 Å². The SMILES string of the molecule is CCN1CCCC1CNCc1cc[nH]c1. The van der Waals surface area contributed by atoms with Crippen molar-refractivity contribution in [2.75, 3.05) is 19.6 Å². The molecular formula is C12H21N3. The fraction of sp³-hybridized carbons (Fsp3) is 0.667. The van der Waals surface area contributed by atoms with Crippen molar-refractivity contribution < 1.29 is 0 Å². The summed E-state index contributed by atoms with van der Waals surface area (Å²) >= 11 is 0. The second-order valence-corrected chi connectivity index (χ2v) is 4.27. The highest BCUT2D eigenvalue weighted by molar-refractivity contribution is 5.07. The summed E-state index contributed by atoms with van der Waals surface area (Å²) in [5.41, 5.74) is 1.34. The molecule has 1 aliphatic rings. The van der Waals surface area contributed by atoms with Crippen molar-refractivity contribution in [2.24, 2.45) is 0 Å². The van der Waals surface area contributed by atoms with E-state index in [0.717, 1.165) is 19.1 Å². The standard InChI is InChI=1S/C12H21N3/c1-2-15-7-3-4-12(15)10-14-9-11-5-6-13-8-11/h5-6,8,12-14H,2-4,7,9-10H2,1H3. The predicted molar refractivity (Wildman–Crippen MR) is 62.8 cm³/mol. The number of likely N-dealkylation sites (N-methyl/N-ethyl adjacent to an activating group) is 1. The molecule has 1 fully saturated rings. The number of aromatic amines is 1. The van der Waals surface area contributed by atoms with E-state index in [1.807, 2.05) is 6.20 Å². The topological polar surface area (TPSA) is 31.1 Å². The van der Waals surface area contributed by atoms with Gasteiger partial charge in [0.15, 0.2) is 0 Å². The van der Waals surface area contributed by atoms with Crippen molar-refractivity contribution in [3.05, 3.63) is 24.0 Å². The van der Waals surface area contributed by atoms with Gasteiger partial charge in [0, 0.05) is 31.5 Å².